The van der Waals surface area contributed by atoms with Crippen molar-refractivity contribution < 1.29 is 19.0 Å². The van der Waals surface area contributed by atoms with Crippen molar-refractivity contribution in [2.75, 3.05) is 11.9 Å². The van der Waals surface area contributed by atoms with Crippen LogP contribution in [0.15, 0.2) is 42.5 Å². The molecular formula is C14H11ClFNO3. The number of hydrogen-bond donors (Lipinski definition) is 2. The van der Waals surface area contributed by atoms with Crippen LogP contribution in [0.3, 0.4) is 0 Å². The maximum atomic E-state index is 13.5. The molecule has 0 unspecified atom stereocenters. The predicted octanol–water partition coefficient (Wildman–Crippen LogP) is 3.20. The van der Waals surface area contributed by atoms with E-state index in [9.17, 15) is 9.18 Å². The van der Waals surface area contributed by atoms with Crippen molar-refractivity contribution in [1.29, 1.82) is 0 Å². The fraction of sp³-hybridized carbons (Fsp3) is 0.0714. The molecular weight excluding hydrogens is 285 g/mol. The number of phenolic OH excluding ortho intramolecular Hbond substituents is 1. The Morgan fingerprint density at radius 3 is 2.60 bits per heavy atom. The van der Waals surface area contributed by atoms with Crippen LogP contribution in [0, 0.1) is 5.82 Å². The minimum atomic E-state index is -0.615. The molecule has 0 bridgehead atoms. The molecule has 2 rings (SSSR count). The number of anilines is 1. The summed E-state index contributed by atoms with van der Waals surface area (Å²) in [6, 6.07) is 9.87. The lowest BCUT2D eigenvalue weighted by atomic mass is 10.3. The number of carbonyl (C=O) groups is 1. The summed E-state index contributed by atoms with van der Waals surface area (Å²) in [5.74, 6) is -0.589. The summed E-state index contributed by atoms with van der Waals surface area (Å²) in [6.45, 7) is -0.271. The minimum absolute atomic E-state index is 0.0358. The van der Waals surface area contributed by atoms with Crippen LogP contribution < -0.4 is 10.1 Å². The van der Waals surface area contributed by atoms with Crippen molar-refractivity contribution in [3.8, 4) is 11.5 Å². The van der Waals surface area contributed by atoms with E-state index in [0.717, 1.165) is 6.07 Å². The number of rotatable bonds is 4. The molecule has 0 heterocycles. The minimum Gasteiger partial charge on any atom is -0.508 e. The first-order chi connectivity index (χ1) is 9.54. The topological polar surface area (TPSA) is 58.6 Å². The van der Waals surface area contributed by atoms with E-state index in [1.54, 1.807) is 0 Å². The van der Waals surface area contributed by atoms with Gasteiger partial charge in [0.25, 0.3) is 5.91 Å². The van der Waals surface area contributed by atoms with E-state index in [2.05, 4.69) is 5.32 Å². The second kappa shape index (κ2) is 6.25. The second-order valence-electron chi connectivity index (χ2n) is 3.95. The highest BCUT2D eigenvalue weighted by atomic mass is 35.5. The summed E-state index contributed by atoms with van der Waals surface area (Å²) in [5.41, 5.74) is 0.0358. The van der Waals surface area contributed by atoms with Crippen molar-refractivity contribution in [1.82, 2.24) is 0 Å². The Labute approximate surface area is 119 Å². The number of phenols is 1. The molecule has 0 radical (unpaired) electrons. The Morgan fingerprint density at radius 1 is 1.25 bits per heavy atom. The normalized spacial score (nSPS) is 10.1. The summed E-state index contributed by atoms with van der Waals surface area (Å²) in [4.78, 5) is 11.6. The molecule has 0 aromatic heterocycles. The Bertz CT molecular complexity index is 616. The summed E-state index contributed by atoms with van der Waals surface area (Å²) in [7, 11) is 0. The lowest BCUT2D eigenvalue weighted by molar-refractivity contribution is -0.118. The molecule has 0 aliphatic rings. The van der Waals surface area contributed by atoms with Gasteiger partial charge in [0.2, 0.25) is 0 Å². The van der Waals surface area contributed by atoms with Crippen LogP contribution >= 0.6 is 11.6 Å². The third-order valence-electron chi connectivity index (χ3n) is 2.41. The van der Waals surface area contributed by atoms with Crippen molar-refractivity contribution in [3.63, 3.8) is 0 Å². The van der Waals surface area contributed by atoms with E-state index in [-0.39, 0.29) is 23.1 Å². The molecule has 2 aromatic carbocycles. The van der Waals surface area contributed by atoms with Crippen molar-refractivity contribution in [2.24, 2.45) is 0 Å². The maximum Gasteiger partial charge on any atom is 0.262 e. The van der Waals surface area contributed by atoms with Gasteiger partial charge in [-0.15, -0.1) is 0 Å². The molecule has 104 valence electrons. The third kappa shape index (κ3) is 3.86. The lowest BCUT2D eigenvalue weighted by Crippen LogP contribution is -2.20. The monoisotopic (exact) mass is 295 g/mol. The zero-order valence-corrected chi connectivity index (χ0v) is 11.0. The van der Waals surface area contributed by atoms with Crippen LogP contribution in [0.2, 0.25) is 5.02 Å². The summed E-state index contributed by atoms with van der Waals surface area (Å²) < 4.78 is 18.6. The van der Waals surface area contributed by atoms with E-state index in [4.69, 9.17) is 21.4 Å². The van der Waals surface area contributed by atoms with E-state index in [1.807, 2.05) is 0 Å². The summed E-state index contributed by atoms with van der Waals surface area (Å²) >= 11 is 5.61. The molecule has 0 aliphatic heterocycles. The van der Waals surface area contributed by atoms with Crippen LogP contribution in [0.4, 0.5) is 10.1 Å². The maximum absolute atomic E-state index is 13.5. The van der Waals surface area contributed by atoms with Gasteiger partial charge in [-0.1, -0.05) is 11.6 Å². The molecule has 6 heteroatoms. The van der Waals surface area contributed by atoms with Crippen LogP contribution in [0.25, 0.3) is 0 Å². The molecule has 20 heavy (non-hydrogen) atoms. The quantitative estimate of drug-likeness (QED) is 0.910. The molecule has 0 atom stereocenters. The van der Waals surface area contributed by atoms with E-state index >= 15 is 0 Å². The SMILES string of the molecule is O=C(COc1ccc(O)cc1)Nc1ccc(Cl)cc1F. The Hall–Kier alpha value is -2.27. The highest BCUT2D eigenvalue weighted by molar-refractivity contribution is 6.30. The Balaban J connectivity index is 1.90. The fourth-order valence-electron chi connectivity index (χ4n) is 1.47. The van der Waals surface area contributed by atoms with Gasteiger partial charge in [-0.05, 0) is 42.5 Å². The lowest BCUT2D eigenvalue weighted by Gasteiger charge is -2.08. The van der Waals surface area contributed by atoms with Gasteiger partial charge in [-0.25, -0.2) is 4.39 Å². The standard InChI is InChI=1S/C14H11ClFNO3/c15-9-1-6-13(12(16)7-9)17-14(19)8-20-11-4-2-10(18)3-5-11/h1-7,18H,8H2,(H,17,19). The van der Waals surface area contributed by atoms with Crippen molar-refractivity contribution in [2.45, 2.75) is 0 Å². The number of amides is 1. The smallest absolute Gasteiger partial charge is 0.262 e. The first-order valence-corrected chi connectivity index (χ1v) is 6.09. The van der Waals surface area contributed by atoms with Gasteiger partial charge in [-0.3, -0.25) is 4.79 Å². The molecule has 0 fully saturated rings. The molecule has 4 nitrogen and oxygen atoms in total. The number of nitrogens with one attached hydrogen (secondary N) is 1. The highest BCUT2D eigenvalue weighted by Gasteiger charge is 2.08. The van der Waals surface area contributed by atoms with Crippen LogP contribution in [0.5, 0.6) is 11.5 Å². The molecule has 2 N–H and O–H groups in total. The average Bonchev–Trinajstić information content (AvgIpc) is 2.41. The largest absolute Gasteiger partial charge is 0.508 e. The van der Waals surface area contributed by atoms with Gasteiger partial charge in [0, 0.05) is 5.02 Å². The number of ether oxygens (including phenoxy) is 1. The van der Waals surface area contributed by atoms with Gasteiger partial charge in [0.05, 0.1) is 5.69 Å². The zero-order valence-electron chi connectivity index (χ0n) is 10.3. The number of hydrogen-bond acceptors (Lipinski definition) is 3. The molecule has 0 saturated carbocycles. The summed E-state index contributed by atoms with van der Waals surface area (Å²) in [5, 5.41) is 11.7. The second-order valence-corrected chi connectivity index (χ2v) is 4.39. The number of aromatic hydroxyl groups is 1. The Kier molecular flexibility index (Phi) is 4.42. The molecule has 0 saturated heterocycles. The van der Waals surface area contributed by atoms with E-state index in [1.165, 1.54) is 36.4 Å². The fourth-order valence-corrected chi connectivity index (χ4v) is 1.63. The molecule has 0 aliphatic carbocycles. The predicted molar refractivity (Wildman–Crippen MR) is 73.6 cm³/mol. The molecule has 2 aromatic rings. The van der Waals surface area contributed by atoms with Gasteiger partial charge < -0.3 is 15.2 Å². The molecule has 1 amide bonds. The first-order valence-electron chi connectivity index (χ1n) is 5.71. The van der Waals surface area contributed by atoms with Crippen LogP contribution in [0.1, 0.15) is 0 Å². The van der Waals surface area contributed by atoms with Crippen molar-refractivity contribution >= 4 is 23.2 Å². The number of benzene rings is 2. The van der Waals surface area contributed by atoms with E-state index in [0.29, 0.717) is 5.75 Å². The number of halogens is 2. The van der Waals surface area contributed by atoms with Gasteiger partial charge in [-0.2, -0.15) is 0 Å². The van der Waals surface area contributed by atoms with Gasteiger partial charge in [0.1, 0.15) is 17.3 Å². The third-order valence-corrected chi connectivity index (χ3v) is 2.65. The van der Waals surface area contributed by atoms with Gasteiger partial charge in [0.15, 0.2) is 6.61 Å². The van der Waals surface area contributed by atoms with Crippen LogP contribution in [-0.4, -0.2) is 17.6 Å². The summed E-state index contributed by atoms with van der Waals surface area (Å²) in [6.07, 6.45) is 0. The van der Waals surface area contributed by atoms with E-state index < -0.39 is 11.7 Å². The molecule has 0 spiro atoms. The first kappa shape index (κ1) is 14.1. The average molecular weight is 296 g/mol. The Morgan fingerprint density at radius 2 is 1.95 bits per heavy atom. The van der Waals surface area contributed by atoms with Gasteiger partial charge >= 0.3 is 0 Å². The van der Waals surface area contributed by atoms with Crippen LogP contribution in [-0.2, 0) is 4.79 Å². The highest BCUT2D eigenvalue weighted by Crippen LogP contribution is 2.19. The number of carbonyl (C=O) groups excluding carboxylic acids is 1. The zero-order chi connectivity index (χ0) is 14.5. The van der Waals surface area contributed by atoms with Crippen molar-refractivity contribution in [3.05, 3.63) is 53.3 Å².